The fourth-order valence-corrected chi connectivity index (χ4v) is 2.77. The van der Waals surface area contributed by atoms with Gasteiger partial charge in [0.15, 0.2) is 0 Å². The largest absolute Gasteiger partial charge is 0.370 e. The molecule has 1 heterocycles. The second-order valence-electron chi connectivity index (χ2n) is 5.17. The summed E-state index contributed by atoms with van der Waals surface area (Å²) in [6.07, 6.45) is 4.95. The Morgan fingerprint density at radius 2 is 2.14 bits per heavy atom. The van der Waals surface area contributed by atoms with Gasteiger partial charge in [-0.25, -0.2) is 0 Å². The Morgan fingerprint density at radius 3 is 2.90 bits per heavy atom. The topological polar surface area (TPSA) is 28.2 Å². The summed E-state index contributed by atoms with van der Waals surface area (Å²) in [4.78, 5) is 6.52. The molecular weight excluding hydrogens is 326 g/mol. The number of pyridine rings is 1. The molecule has 0 spiro atoms. The van der Waals surface area contributed by atoms with Crippen LogP contribution in [0.2, 0.25) is 0 Å². The van der Waals surface area contributed by atoms with Crippen molar-refractivity contribution in [2.75, 3.05) is 18.5 Å². The zero-order valence-electron chi connectivity index (χ0n) is 12.6. The Morgan fingerprint density at radius 1 is 1.29 bits per heavy atom. The number of benzene rings is 1. The van der Waals surface area contributed by atoms with Gasteiger partial charge in [-0.1, -0.05) is 35.0 Å². The van der Waals surface area contributed by atoms with Crippen LogP contribution in [-0.4, -0.2) is 18.6 Å². The van der Waals surface area contributed by atoms with Crippen LogP contribution in [0.5, 0.6) is 0 Å². The van der Waals surface area contributed by atoms with E-state index in [1.165, 1.54) is 16.8 Å². The second kappa shape index (κ2) is 8.15. The summed E-state index contributed by atoms with van der Waals surface area (Å²) in [5, 5.41) is 3.45. The summed E-state index contributed by atoms with van der Waals surface area (Å²) in [5.41, 5.74) is 3.76. The zero-order chi connectivity index (χ0) is 15.1. The van der Waals surface area contributed by atoms with Crippen molar-refractivity contribution in [2.45, 2.75) is 26.4 Å². The van der Waals surface area contributed by atoms with E-state index in [-0.39, 0.29) is 0 Å². The lowest BCUT2D eigenvalue weighted by Crippen LogP contribution is -2.21. The molecule has 112 valence electrons. The molecule has 4 heteroatoms. The Hall–Kier alpha value is -1.39. The summed E-state index contributed by atoms with van der Waals surface area (Å²) >= 11 is 3.53. The van der Waals surface area contributed by atoms with Crippen LogP contribution < -0.4 is 10.2 Å². The standard InChI is InChI=1S/C17H22BrN3/c1-3-8-19-11-15-12-20-9-7-17(15)21(2)13-14-5-4-6-16(18)10-14/h4-7,9-10,12,19H,3,8,11,13H2,1-2H3. The van der Waals surface area contributed by atoms with Crippen molar-refractivity contribution in [3.05, 3.63) is 58.3 Å². The van der Waals surface area contributed by atoms with Gasteiger partial charge in [0.05, 0.1) is 0 Å². The normalized spacial score (nSPS) is 10.6. The average Bonchev–Trinajstić information content (AvgIpc) is 2.48. The quantitative estimate of drug-likeness (QED) is 0.767. The van der Waals surface area contributed by atoms with Crippen LogP contribution in [0.4, 0.5) is 5.69 Å². The average molecular weight is 348 g/mol. The lowest BCUT2D eigenvalue weighted by atomic mass is 10.1. The minimum atomic E-state index is 0.861. The first kappa shape index (κ1) is 16.0. The molecule has 0 unspecified atom stereocenters. The van der Waals surface area contributed by atoms with E-state index in [4.69, 9.17) is 0 Å². The monoisotopic (exact) mass is 347 g/mol. The molecule has 0 aliphatic heterocycles. The smallest absolute Gasteiger partial charge is 0.0443 e. The first-order valence-electron chi connectivity index (χ1n) is 7.30. The number of hydrogen-bond donors (Lipinski definition) is 1. The van der Waals surface area contributed by atoms with Crippen molar-refractivity contribution in [3.8, 4) is 0 Å². The molecule has 0 aliphatic carbocycles. The van der Waals surface area contributed by atoms with Gasteiger partial charge >= 0.3 is 0 Å². The van der Waals surface area contributed by atoms with Gasteiger partial charge < -0.3 is 10.2 Å². The predicted octanol–water partition coefficient (Wildman–Crippen LogP) is 3.98. The minimum Gasteiger partial charge on any atom is -0.370 e. The van der Waals surface area contributed by atoms with Crippen LogP contribution in [0.1, 0.15) is 24.5 Å². The highest BCUT2D eigenvalue weighted by molar-refractivity contribution is 9.10. The third kappa shape index (κ3) is 4.83. The lowest BCUT2D eigenvalue weighted by Gasteiger charge is -2.22. The van der Waals surface area contributed by atoms with Crippen LogP contribution in [-0.2, 0) is 13.1 Å². The highest BCUT2D eigenvalue weighted by Gasteiger charge is 2.08. The van der Waals surface area contributed by atoms with Gasteiger partial charge in [-0.2, -0.15) is 0 Å². The number of rotatable bonds is 7. The molecule has 0 amide bonds. The molecule has 2 rings (SSSR count). The summed E-state index contributed by atoms with van der Waals surface area (Å²) < 4.78 is 1.12. The van der Waals surface area contributed by atoms with Gasteiger partial charge in [-0.15, -0.1) is 0 Å². The summed E-state index contributed by atoms with van der Waals surface area (Å²) in [7, 11) is 2.12. The molecular formula is C17H22BrN3. The summed E-state index contributed by atoms with van der Waals surface area (Å²) in [6, 6.07) is 10.5. The van der Waals surface area contributed by atoms with Crippen molar-refractivity contribution in [2.24, 2.45) is 0 Å². The second-order valence-corrected chi connectivity index (χ2v) is 6.08. The fraction of sp³-hybridized carbons (Fsp3) is 0.353. The number of halogens is 1. The van der Waals surface area contributed by atoms with Crippen molar-refractivity contribution in [1.29, 1.82) is 0 Å². The Labute approximate surface area is 135 Å². The molecule has 2 aromatic rings. The highest BCUT2D eigenvalue weighted by Crippen LogP contribution is 2.21. The molecule has 1 N–H and O–H groups in total. The minimum absolute atomic E-state index is 0.861. The third-order valence-electron chi connectivity index (χ3n) is 3.34. The maximum atomic E-state index is 4.25. The molecule has 0 saturated heterocycles. The number of anilines is 1. The molecule has 0 fully saturated rings. The maximum absolute atomic E-state index is 4.25. The first-order chi connectivity index (χ1) is 10.2. The summed E-state index contributed by atoms with van der Waals surface area (Å²) in [5.74, 6) is 0. The number of nitrogens with zero attached hydrogens (tertiary/aromatic N) is 2. The van der Waals surface area contributed by atoms with Crippen LogP contribution in [0.15, 0.2) is 47.2 Å². The molecule has 0 atom stereocenters. The van der Waals surface area contributed by atoms with Crippen molar-refractivity contribution in [3.63, 3.8) is 0 Å². The Bertz CT molecular complexity index is 571. The molecule has 0 bridgehead atoms. The van der Waals surface area contributed by atoms with E-state index in [9.17, 15) is 0 Å². The SMILES string of the molecule is CCCNCc1cnccc1N(C)Cc1cccc(Br)c1. The van der Waals surface area contributed by atoms with Crippen molar-refractivity contribution >= 4 is 21.6 Å². The van der Waals surface area contributed by atoms with Gasteiger partial charge in [0.25, 0.3) is 0 Å². The summed E-state index contributed by atoms with van der Waals surface area (Å²) in [6.45, 7) is 4.95. The highest BCUT2D eigenvalue weighted by atomic mass is 79.9. The van der Waals surface area contributed by atoms with E-state index >= 15 is 0 Å². The van der Waals surface area contributed by atoms with E-state index in [2.05, 4.69) is 75.4 Å². The van der Waals surface area contributed by atoms with Gasteiger partial charge in [0.1, 0.15) is 0 Å². The van der Waals surface area contributed by atoms with Crippen LogP contribution in [0.25, 0.3) is 0 Å². The zero-order valence-corrected chi connectivity index (χ0v) is 14.2. The molecule has 0 saturated carbocycles. The van der Waals surface area contributed by atoms with Crippen molar-refractivity contribution < 1.29 is 0 Å². The molecule has 1 aromatic carbocycles. The predicted molar refractivity (Wildman–Crippen MR) is 92.5 cm³/mol. The fourth-order valence-electron chi connectivity index (χ4n) is 2.32. The molecule has 3 nitrogen and oxygen atoms in total. The van der Waals surface area contributed by atoms with Gasteiger partial charge in [0.2, 0.25) is 0 Å². The Balaban J connectivity index is 2.09. The van der Waals surface area contributed by atoms with Gasteiger partial charge in [-0.05, 0) is 36.7 Å². The first-order valence-corrected chi connectivity index (χ1v) is 8.09. The third-order valence-corrected chi connectivity index (χ3v) is 3.83. The van der Waals surface area contributed by atoms with E-state index in [1.807, 2.05) is 12.4 Å². The van der Waals surface area contributed by atoms with E-state index in [1.54, 1.807) is 0 Å². The number of nitrogens with one attached hydrogen (secondary N) is 1. The van der Waals surface area contributed by atoms with Crippen LogP contribution in [0, 0.1) is 0 Å². The van der Waals surface area contributed by atoms with E-state index < -0.39 is 0 Å². The Kier molecular flexibility index (Phi) is 6.21. The molecule has 1 aromatic heterocycles. The van der Waals surface area contributed by atoms with Crippen LogP contribution >= 0.6 is 15.9 Å². The molecule has 21 heavy (non-hydrogen) atoms. The maximum Gasteiger partial charge on any atom is 0.0443 e. The van der Waals surface area contributed by atoms with Gasteiger partial charge in [0, 0.05) is 48.3 Å². The lowest BCUT2D eigenvalue weighted by molar-refractivity contribution is 0.672. The van der Waals surface area contributed by atoms with Crippen molar-refractivity contribution in [1.82, 2.24) is 10.3 Å². The molecule has 0 aliphatic rings. The van der Waals surface area contributed by atoms with E-state index in [0.29, 0.717) is 0 Å². The van der Waals surface area contributed by atoms with Gasteiger partial charge in [-0.3, -0.25) is 4.98 Å². The number of hydrogen-bond acceptors (Lipinski definition) is 3. The molecule has 0 radical (unpaired) electrons. The van der Waals surface area contributed by atoms with E-state index in [0.717, 1.165) is 30.5 Å². The van der Waals surface area contributed by atoms with Crippen LogP contribution in [0.3, 0.4) is 0 Å². The number of aromatic nitrogens is 1.